The molecule has 0 aliphatic heterocycles. The Bertz CT molecular complexity index is 587. The summed E-state index contributed by atoms with van der Waals surface area (Å²) in [6.45, 7) is 11.9. The average molecular weight is 405 g/mol. The van der Waals surface area contributed by atoms with Crippen LogP contribution in [0.3, 0.4) is 0 Å². The van der Waals surface area contributed by atoms with Gasteiger partial charge in [-0.1, -0.05) is 40.5 Å². The van der Waals surface area contributed by atoms with Gasteiger partial charge in [-0.2, -0.15) is 0 Å². The summed E-state index contributed by atoms with van der Waals surface area (Å²) < 4.78 is 5.30. The number of aldehydes is 1. The van der Waals surface area contributed by atoms with Crippen LogP contribution in [0, 0.1) is 46.3 Å². The van der Waals surface area contributed by atoms with Gasteiger partial charge in [-0.05, 0) is 91.3 Å². The molecule has 3 fully saturated rings. The van der Waals surface area contributed by atoms with Crippen molar-refractivity contribution >= 4 is 12.3 Å². The molecule has 0 radical (unpaired) electrons. The van der Waals surface area contributed by atoms with Crippen molar-refractivity contribution in [3.63, 3.8) is 0 Å². The van der Waals surface area contributed by atoms with Gasteiger partial charge < -0.3 is 9.53 Å². The molecule has 0 heterocycles. The molecule has 6 unspecified atom stereocenters. The highest BCUT2D eigenvalue weighted by atomic mass is 16.5. The lowest BCUT2D eigenvalue weighted by Gasteiger charge is -2.61. The van der Waals surface area contributed by atoms with Crippen molar-refractivity contribution in [1.82, 2.24) is 0 Å². The van der Waals surface area contributed by atoms with Gasteiger partial charge in [0.05, 0.1) is 6.61 Å². The quantitative estimate of drug-likeness (QED) is 0.345. The fraction of sp³-hybridized carbons (Fsp3) is 0.923. The van der Waals surface area contributed by atoms with Gasteiger partial charge in [0.15, 0.2) is 0 Å². The normalized spacial score (nSPS) is 44.0. The lowest BCUT2D eigenvalue weighted by molar-refractivity contribution is -0.143. The molecular weight excluding hydrogens is 360 g/mol. The maximum absolute atomic E-state index is 11.6. The molecule has 3 aliphatic carbocycles. The van der Waals surface area contributed by atoms with E-state index >= 15 is 0 Å². The summed E-state index contributed by atoms with van der Waals surface area (Å²) in [5.74, 6) is 4.21. The van der Waals surface area contributed by atoms with Crippen LogP contribution in [0.2, 0.25) is 0 Å². The first-order valence-electron chi connectivity index (χ1n) is 12.4. The summed E-state index contributed by atoms with van der Waals surface area (Å²) in [7, 11) is 0. The summed E-state index contributed by atoms with van der Waals surface area (Å²) in [6, 6.07) is 0. The minimum Gasteiger partial charge on any atom is -0.466 e. The Balaban J connectivity index is 1.83. The smallest absolute Gasteiger partial charge is 0.302 e. The number of rotatable bonds is 8. The van der Waals surface area contributed by atoms with E-state index in [0.717, 1.165) is 30.6 Å². The van der Waals surface area contributed by atoms with Crippen LogP contribution < -0.4 is 0 Å². The van der Waals surface area contributed by atoms with E-state index in [4.69, 9.17) is 4.74 Å². The van der Waals surface area contributed by atoms with E-state index in [1.165, 1.54) is 64.6 Å². The van der Waals surface area contributed by atoms with E-state index < -0.39 is 0 Å². The number of hydrogen-bond acceptors (Lipinski definition) is 3. The third kappa shape index (κ3) is 4.04. The SMILES string of the molecule is CCC[C@]1(C)C2CCC3(C)C(CCOC(C)=O)CCC3C2CC(CC)[C@@H]1CC=O. The van der Waals surface area contributed by atoms with Gasteiger partial charge in [0.2, 0.25) is 0 Å². The molecule has 0 aromatic carbocycles. The maximum atomic E-state index is 11.6. The van der Waals surface area contributed by atoms with Gasteiger partial charge in [-0.25, -0.2) is 0 Å². The van der Waals surface area contributed by atoms with E-state index in [0.29, 0.717) is 35.2 Å². The second-order valence-electron chi connectivity index (χ2n) is 11.0. The van der Waals surface area contributed by atoms with Gasteiger partial charge in [0.1, 0.15) is 6.29 Å². The number of ether oxygens (including phenoxy) is 1. The Hall–Kier alpha value is -0.860. The van der Waals surface area contributed by atoms with Crippen LogP contribution in [-0.4, -0.2) is 18.9 Å². The van der Waals surface area contributed by atoms with Crippen molar-refractivity contribution < 1.29 is 14.3 Å². The largest absolute Gasteiger partial charge is 0.466 e. The Labute approximate surface area is 178 Å². The van der Waals surface area contributed by atoms with Gasteiger partial charge >= 0.3 is 5.97 Å². The van der Waals surface area contributed by atoms with Crippen molar-refractivity contribution in [2.24, 2.45) is 46.3 Å². The highest BCUT2D eigenvalue weighted by Crippen LogP contribution is 2.68. The zero-order valence-electron chi connectivity index (χ0n) is 19.5. The first kappa shape index (κ1) is 22.8. The topological polar surface area (TPSA) is 43.4 Å². The third-order valence-electron chi connectivity index (χ3n) is 9.91. The molecule has 3 aliphatic rings. The lowest BCUT2D eigenvalue weighted by Crippen LogP contribution is -2.54. The molecule has 0 N–H and O–H groups in total. The van der Waals surface area contributed by atoms with Gasteiger partial charge in [-0.3, -0.25) is 4.79 Å². The van der Waals surface area contributed by atoms with Crippen molar-refractivity contribution in [1.29, 1.82) is 0 Å². The van der Waals surface area contributed by atoms with E-state index in [-0.39, 0.29) is 5.97 Å². The Morgan fingerprint density at radius 3 is 2.52 bits per heavy atom. The van der Waals surface area contributed by atoms with Crippen LogP contribution in [0.15, 0.2) is 0 Å². The predicted molar refractivity (Wildman–Crippen MR) is 117 cm³/mol. The molecule has 0 aromatic rings. The third-order valence-corrected chi connectivity index (χ3v) is 9.91. The van der Waals surface area contributed by atoms with Crippen molar-refractivity contribution in [3.05, 3.63) is 0 Å². The molecule has 0 aromatic heterocycles. The molecule has 3 saturated carbocycles. The minimum atomic E-state index is -0.150. The van der Waals surface area contributed by atoms with E-state index in [1.807, 2.05) is 0 Å². The molecule has 3 rings (SSSR count). The monoisotopic (exact) mass is 404 g/mol. The maximum Gasteiger partial charge on any atom is 0.302 e. The Morgan fingerprint density at radius 1 is 1.14 bits per heavy atom. The van der Waals surface area contributed by atoms with Gasteiger partial charge in [-0.15, -0.1) is 0 Å². The van der Waals surface area contributed by atoms with Crippen LogP contribution in [0.1, 0.15) is 98.8 Å². The van der Waals surface area contributed by atoms with Crippen molar-refractivity contribution in [2.45, 2.75) is 98.8 Å². The van der Waals surface area contributed by atoms with E-state index in [1.54, 1.807) is 0 Å². The lowest BCUT2D eigenvalue weighted by atomic mass is 9.43. The average Bonchev–Trinajstić information content (AvgIpc) is 3.00. The first-order valence-corrected chi connectivity index (χ1v) is 12.4. The zero-order valence-corrected chi connectivity index (χ0v) is 19.5. The number of hydrogen-bond donors (Lipinski definition) is 0. The summed E-state index contributed by atoms with van der Waals surface area (Å²) in [4.78, 5) is 22.8. The summed E-state index contributed by atoms with van der Waals surface area (Å²) >= 11 is 0. The Morgan fingerprint density at radius 2 is 1.90 bits per heavy atom. The molecule has 8 atom stereocenters. The predicted octanol–water partition coefficient (Wildman–Crippen LogP) is 6.44. The molecule has 0 bridgehead atoms. The van der Waals surface area contributed by atoms with Crippen molar-refractivity contribution in [3.8, 4) is 0 Å². The van der Waals surface area contributed by atoms with Gasteiger partial charge in [0.25, 0.3) is 0 Å². The first-order chi connectivity index (χ1) is 13.8. The van der Waals surface area contributed by atoms with E-state index in [2.05, 4.69) is 27.7 Å². The summed E-state index contributed by atoms with van der Waals surface area (Å²) in [6.07, 6.45) is 13.3. The molecule has 3 nitrogen and oxygen atoms in total. The van der Waals surface area contributed by atoms with Crippen molar-refractivity contribution in [2.75, 3.05) is 6.61 Å². The summed E-state index contributed by atoms with van der Waals surface area (Å²) in [5.41, 5.74) is 0.723. The van der Waals surface area contributed by atoms with Crippen LogP contribution in [-0.2, 0) is 14.3 Å². The van der Waals surface area contributed by atoms with Crippen LogP contribution >= 0.6 is 0 Å². The minimum absolute atomic E-state index is 0.150. The number of fused-ring (bicyclic) bond motifs is 3. The fourth-order valence-corrected chi connectivity index (χ4v) is 8.62. The second kappa shape index (κ2) is 9.10. The molecule has 0 spiro atoms. The summed E-state index contributed by atoms with van der Waals surface area (Å²) in [5, 5.41) is 0. The number of carbonyl (C=O) groups excluding carboxylic acids is 2. The molecule has 166 valence electrons. The van der Waals surface area contributed by atoms with Crippen LogP contribution in [0.5, 0.6) is 0 Å². The fourth-order valence-electron chi connectivity index (χ4n) is 8.62. The second-order valence-corrected chi connectivity index (χ2v) is 11.0. The standard InChI is InChI=1S/C26H44O3/c1-6-13-26(5)22(11-15-27)19(7-2)17-21-23-9-8-20(12-16-29-18(3)28)25(23,4)14-10-24(21)26/h15,19-24H,6-14,16-17H2,1-5H3/t19?,20?,21?,22-,23?,24?,25?,26-/m0/s1. The molecular formula is C26H44O3. The molecule has 0 amide bonds. The van der Waals surface area contributed by atoms with Gasteiger partial charge in [0, 0.05) is 13.3 Å². The number of carbonyl (C=O) groups is 2. The molecule has 3 heteroatoms. The number of esters is 1. The Kier molecular flexibility index (Phi) is 7.16. The van der Waals surface area contributed by atoms with Crippen LogP contribution in [0.4, 0.5) is 0 Å². The van der Waals surface area contributed by atoms with E-state index in [9.17, 15) is 9.59 Å². The highest BCUT2D eigenvalue weighted by Gasteiger charge is 2.60. The highest BCUT2D eigenvalue weighted by molar-refractivity contribution is 5.65. The van der Waals surface area contributed by atoms with Crippen LogP contribution in [0.25, 0.3) is 0 Å². The zero-order chi connectivity index (χ0) is 21.2. The molecule has 0 saturated heterocycles. The molecule has 29 heavy (non-hydrogen) atoms.